The molecule has 1 aromatic rings. The van der Waals surface area contributed by atoms with Gasteiger partial charge in [-0.15, -0.1) is 0 Å². The van der Waals surface area contributed by atoms with Crippen molar-refractivity contribution in [3.63, 3.8) is 0 Å². The van der Waals surface area contributed by atoms with E-state index in [-0.39, 0.29) is 6.61 Å². The summed E-state index contributed by atoms with van der Waals surface area (Å²) in [5.74, 6) is 0. The molecule has 5 N–H and O–H groups in total. The second-order valence-electron chi connectivity index (χ2n) is 2.59. The number of nitrogens with two attached hydrogens (primary N) is 2. The van der Waals surface area contributed by atoms with Crippen LogP contribution in [0.3, 0.4) is 0 Å². The summed E-state index contributed by atoms with van der Waals surface area (Å²) in [6.07, 6.45) is 0. The van der Waals surface area contributed by atoms with Crippen molar-refractivity contribution < 1.29 is 5.11 Å². The first kappa shape index (κ1) is 7.88. The Bertz CT molecular complexity index is 271. The van der Waals surface area contributed by atoms with Gasteiger partial charge in [0.1, 0.15) is 0 Å². The minimum absolute atomic E-state index is 0.0578. The van der Waals surface area contributed by atoms with Gasteiger partial charge >= 0.3 is 0 Å². The maximum atomic E-state index is 8.83. The highest BCUT2D eigenvalue weighted by atomic mass is 16.3. The average molecular weight is 152 g/mol. The fourth-order valence-corrected chi connectivity index (χ4v) is 1.03. The maximum Gasteiger partial charge on any atom is 0.0702 e. The molecule has 0 aliphatic heterocycles. The van der Waals surface area contributed by atoms with Crippen molar-refractivity contribution in [3.05, 3.63) is 23.3 Å². The lowest BCUT2D eigenvalue weighted by Crippen LogP contribution is -2.00. The van der Waals surface area contributed by atoms with Gasteiger partial charge in [0.15, 0.2) is 0 Å². The summed E-state index contributed by atoms with van der Waals surface area (Å²) in [7, 11) is 0. The molecule has 0 unspecified atom stereocenters. The molecule has 0 aromatic heterocycles. The fourth-order valence-electron chi connectivity index (χ4n) is 1.03. The van der Waals surface area contributed by atoms with Gasteiger partial charge in [-0.3, -0.25) is 0 Å². The normalized spacial score (nSPS) is 10.0. The van der Waals surface area contributed by atoms with Crippen LogP contribution in [-0.4, -0.2) is 5.11 Å². The number of aliphatic hydroxyl groups is 1. The Morgan fingerprint density at radius 3 is 2.55 bits per heavy atom. The van der Waals surface area contributed by atoms with Crippen molar-refractivity contribution in [2.75, 3.05) is 11.5 Å². The number of hydrogen-bond donors (Lipinski definition) is 3. The zero-order chi connectivity index (χ0) is 8.43. The van der Waals surface area contributed by atoms with Gasteiger partial charge in [0.05, 0.1) is 18.0 Å². The third-order valence-electron chi connectivity index (χ3n) is 1.61. The number of aliphatic hydroxyl groups excluding tert-OH is 1. The molecule has 0 saturated heterocycles. The summed E-state index contributed by atoms with van der Waals surface area (Å²) in [5, 5.41) is 8.83. The van der Waals surface area contributed by atoms with Crippen molar-refractivity contribution in [1.29, 1.82) is 0 Å². The van der Waals surface area contributed by atoms with E-state index in [0.717, 1.165) is 5.56 Å². The Kier molecular flexibility index (Phi) is 2.01. The summed E-state index contributed by atoms with van der Waals surface area (Å²) in [5.41, 5.74) is 13.9. The Morgan fingerprint density at radius 1 is 1.36 bits per heavy atom. The molecule has 1 aromatic carbocycles. The molecule has 60 valence electrons. The minimum Gasteiger partial charge on any atom is -0.397 e. The number of hydrogen-bond acceptors (Lipinski definition) is 3. The molecule has 11 heavy (non-hydrogen) atoms. The quantitative estimate of drug-likeness (QED) is 0.517. The van der Waals surface area contributed by atoms with Crippen LogP contribution in [0.2, 0.25) is 0 Å². The van der Waals surface area contributed by atoms with E-state index in [1.807, 2.05) is 13.0 Å². The average Bonchev–Trinajstić information content (AvgIpc) is 1.96. The smallest absolute Gasteiger partial charge is 0.0702 e. The molecule has 1 rings (SSSR count). The van der Waals surface area contributed by atoms with E-state index >= 15 is 0 Å². The number of nitrogen functional groups attached to an aromatic ring is 2. The topological polar surface area (TPSA) is 72.3 Å². The highest BCUT2D eigenvalue weighted by molar-refractivity contribution is 5.68. The van der Waals surface area contributed by atoms with Gasteiger partial charge in [0.2, 0.25) is 0 Å². The second-order valence-corrected chi connectivity index (χ2v) is 2.59. The third kappa shape index (κ3) is 1.43. The molecule has 0 heterocycles. The molecule has 0 atom stereocenters. The van der Waals surface area contributed by atoms with E-state index in [4.69, 9.17) is 16.6 Å². The van der Waals surface area contributed by atoms with Gasteiger partial charge in [-0.05, 0) is 18.6 Å². The van der Waals surface area contributed by atoms with E-state index < -0.39 is 0 Å². The fraction of sp³-hybridized carbons (Fsp3) is 0.250. The second kappa shape index (κ2) is 2.80. The van der Waals surface area contributed by atoms with Crippen LogP contribution in [0.15, 0.2) is 12.1 Å². The van der Waals surface area contributed by atoms with Crippen LogP contribution >= 0.6 is 0 Å². The van der Waals surface area contributed by atoms with Crippen LogP contribution in [0.25, 0.3) is 0 Å². The van der Waals surface area contributed by atoms with E-state index in [1.165, 1.54) is 0 Å². The van der Waals surface area contributed by atoms with Gasteiger partial charge < -0.3 is 16.6 Å². The number of rotatable bonds is 1. The summed E-state index contributed by atoms with van der Waals surface area (Å²) in [6.45, 7) is 1.85. The summed E-state index contributed by atoms with van der Waals surface area (Å²) >= 11 is 0. The first-order chi connectivity index (χ1) is 5.15. The van der Waals surface area contributed by atoms with Gasteiger partial charge in [0.25, 0.3) is 0 Å². The predicted octanol–water partition coefficient (Wildman–Crippen LogP) is 0.652. The number of aryl methyl sites for hydroxylation is 1. The molecule has 3 heteroatoms. The molecule has 0 amide bonds. The molecule has 0 spiro atoms. The highest BCUT2D eigenvalue weighted by Crippen LogP contribution is 2.21. The van der Waals surface area contributed by atoms with E-state index in [1.54, 1.807) is 6.07 Å². The SMILES string of the molecule is Cc1cc(N)c(N)c(CO)c1. The molecule has 0 radical (unpaired) electrons. The lowest BCUT2D eigenvalue weighted by molar-refractivity contribution is 0.282. The van der Waals surface area contributed by atoms with Crippen LogP contribution in [0.1, 0.15) is 11.1 Å². The zero-order valence-corrected chi connectivity index (χ0v) is 6.46. The van der Waals surface area contributed by atoms with Crippen LogP contribution < -0.4 is 11.5 Å². The van der Waals surface area contributed by atoms with Gasteiger partial charge in [0, 0.05) is 5.56 Å². The van der Waals surface area contributed by atoms with Crippen LogP contribution in [0.4, 0.5) is 11.4 Å². The maximum absolute atomic E-state index is 8.83. The standard InChI is InChI=1S/C8H12N2O/c1-5-2-6(4-11)8(10)7(9)3-5/h2-3,11H,4,9-10H2,1H3. The summed E-state index contributed by atoms with van der Waals surface area (Å²) in [6, 6.07) is 3.61. The summed E-state index contributed by atoms with van der Waals surface area (Å²) in [4.78, 5) is 0. The predicted molar refractivity (Wildman–Crippen MR) is 45.9 cm³/mol. The molecular weight excluding hydrogens is 140 g/mol. The molecule has 0 saturated carbocycles. The van der Waals surface area contributed by atoms with Crippen LogP contribution in [-0.2, 0) is 6.61 Å². The molecule has 0 fully saturated rings. The first-order valence-corrected chi connectivity index (χ1v) is 3.40. The van der Waals surface area contributed by atoms with Crippen molar-refractivity contribution in [3.8, 4) is 0 Å². The van der Waals surface area contributed by atoms with Gasteiger partial charge in [-0.2, -0.15) is 0 Å². The summed E-state index contributed by atoms with van der Waals surface area (Å²) < 4.78 is 0. The molecule has 3 nitrogen and oxygen atoms in total. The third-order valence-corrected chi connectivity index (χ3v) is 1.61. The largest absolute Gasteiger partial charge is 0.397 e. The molecule has 0 aliphatic carbocycles. The van der Waals surface area contributed by atoms with Crippen LogP contribution in [0, 0.1) is 6.92 Å². The number of benzene rings is 1. The first-order valence-electron chi connectivity index (χ1n) is 3.40. The Hall–Kier alpha value is -1.22. The van der Waals surface area contributed by atoms with E-state index in [0.29, 0.717) is 16.9 Å². The van der Waals surface area contributed by atoms with Gasteiger partial charge in [-0.1, -0.05) is 6.07 Å². The van der Waals surface area contributed by atoms with Crippen LogP contribution in [0.5, 0.6) is 0 Å². The Balaban J connectivity index is 3.24. The Morgan fingerprint density at radius 2 is 2.00 bits per heavy atom. The number of anilines is 2. The van der Waals surface area contributed by atoms with Crippen molar-refractivity contribution in [1.82, 2.24) is 0 Å². The van der Waals surface area contributed by atoms with Gasteiger partial charge in [-0.25, -0.2) is 0 Å². The van der Waals surface area contributed by atoms with Crippen molar-refractivity contribution >= 4 is 11.4 Å². The highest BCUT2D eigenvalue weighted by Gasteiger charge is 2.01. The molecule has 0 aliphatic rings. The van der Waals surface area contributed by atoms with E-state index in [2.05, 4.69) is 0 Å². The van der Waals surface area contributed by atoms with Crippen molar-refractivity contribution in [2.24, 2.45) is 0 Å². The zero-order valence-electron chi connectivity index (χ0n) is 6.46. The lowest BCUT2D eigenvalue weighted by atomic mass is 10.1. The van der Waals surface area contributed by atoms with E-state index in [9.17, 15) is 0 Å². The Labute approximate surface area is 65.6 Å². The minimum atomic E-state index is -0.0578. The van der Waals surface area contributed by atoms with Crippen molar-refractivity contribution in [2.45, 2.75) is 13.5 Å². The lowest BCUT2D eigenvalue weighted by Gasteiger charge is -2.06. The molecular formula is C8H12N2O. The molecule has 0 bridgehead atoms. The monoisotopic (exact) mass is 152 g/mol.